The van der Waals surface area contributed by atoms with Gasteiger partial charge in [-0.05, 0) is 36.3 Å². The van der Waals surface area contributed by atoms with Crippen LogP contribution in [-0.2, 0) is 4.79 Å². The van der Waals surface area contributed by atoms with Crippen LogP contribution < -0.4 is 0 Å². The number of rotatable bonds is 2. The lowest BCUT2D eigenvalue weighted by Gasteiger charge is -1.99. The van der Waals surface area contributed by atoms with E-state index in [0.29, 0.717) is 5.56 Å². The molecule has 0 radical (unpaired) electrons. The van der Waals surface area contributed by atoms with E-state index in [2.05, 4.69) is 0 Å². The van der Waals surface area contributed by atoms with Gasteiger partial charge < -0.3 is 5.11 Å². The highest BCUT2D eigenvalue weighted by Crippen LogP contribution is 2.14. The fourth-order valence-electron chi connectivity index (χ4n) is 1.02. The Balaban J connectivity index is 3.07. The Morgan fingerprint density at radius 3 is 2.57 bits per heavy atom. The van der Waals surface area contributed by atoms with Crippen molar-refractivity contribution in [1.29, 1.82) is 0 Å². The number of carboxylic acids is 1. The van der Waals surface area contributed by atoms with E-state index in [-0.39, 0.29) is 5.56 Å². The van der Waals surface area contributed by atoms with E-state index in [1.807, 2.05) is 0 Å². The molecule has 0 unspecified atom stereocenters. The first-order valence-electron chi connectivity index (χ1n) is 3.87. The summed E-state index contributed by atoms with van der Waals surface area (Å²) in [5.41, 5.74) is 0.471. The second-order valence-corrected chi connectivity index (χ2v) is 2.81. The molecule has 0 spiro atoms. The summed E-state index contributed by atoms with van der Waals surface area (Å²) in [4.78, 5) is 10.2. The number of hydrogen-bond acceptors (Lipinski definition) is 1. The lowest BCUT2D eigenvalue weighted by atomic mass is 10.1. The zero-order valence-electron chi connectivity index (χ0n) is 7.42. The van der Waals surface area contributed by atoms with Gasteiger partial charge >= 0.3 is 5.97 Å². The predicted molar refractivity (Wildman–Crippen MR) is 47.8 cm³/mol. The Morgan fingerprint density at radius 1 is 1.43 bits per heavy atom. The third-order valence-corrected chi connectivity index (χ3v) is 1.65. The van der Waals surface area contributed by atoms with E-state index in [4.69, 9.17) is 5.11 Å². The summed E-state index contributed by atoms with van der Waals surface area (Å²) in [6.45, 7) is 1.41. The first-order valence-corrected chi connectivity index (χ1v) is 3.87. The van der Waals surface area contributed by atoms with Crippen LogP contribution in [-0.4, -0.2) is 11.1 Å². The summed E-state index contributed by atoms with van der Waals surface area (Å²) in [6.07, 6.45) is 2.07. The van der Waals surface area contributed by atoms with E-state index in [0.717, 1.165) is 12.1 Å². The molecule has 0 saturated heterocycles. The van der Waals surface area contributed by atoms with Crippen LogP contribution >= 0.6 is 0 Å². The highest BCUT2D eigenvalue weighted by atomic mass is 19.2. The molecule has 0 aromatic heterocycles. The molecule has 2 nitrogen and oxygen atoms in total. The fourth-order valence-corrected chi connectivity index (χ4v) is 1.02. The molecule has 1 aromatic rings. The summed E-state index contributed by atoms with van der Waals surface area (Å²) < 4.78 is 25.6. The number of aryl methyl sites for hydroxylation is 1. The van der Waals surface area contributed by atoms with Gasteiger partial charge in [0.2, 0.25) is 0 Å². The average Bonchev–Trinajstić information content (AvgIpc) is 2.10. The van der Waals surface area contributed by atoms with Crippen LogP contribution in [0.5, 0.6) is 0 Å². The molecule has 1 aromatic carbocycles. The number of aliphatic carboxylic acids is 1. The summed E-state index contributed by atoms with van der Waals surface area (Å²) in [6, 6.07) is 2.32. The van der Waals surface area contributed by atoms with Gasteiger partial charge in [0.05, 0.1) is 0 Å². The summed E-state index contributed by atoms with van der Waals surface area (Å²) in [7, 11) is 0. The average molecular weight is 198 g/mol. The van der Waals surface area contributed by atoms with E-state index in [1.54, 1.807) is 0 Å². The maximum atomic E-state index is 12.8. The third-order valence-electron chi connectivity index (χ3n) is 1.65. The molecular weight excluding hydrogens is 190 g/mol. The van der Waals surface area contributed by atoms with Crippen molar-refractivity contribution in [2.45, 2.75) is 6.92 Å². The van der Waals surface area contributed by atoms with Gasteiger partial charge in [0.1, 0.15) is 0 Å². The van der Waals surface area contributed by atoms with Crippen molar-refractivity contribution in [1.82, 2.24) is 0 Å². The van der Waals surface area contributed by atoms with Crippen molar-refractivity contribution >= 4 is 12.0 Å². The van der Waals surface area contributed by atoms with E-state index >= 15 is 0 Å². The molecule has 0 fully saturated rings. The molecule has 0 bridgehead atoms. The predicted octanol–water partition coefficient (Wildman–Crippen LogP) is 2.37. The van der Waals surface area contributed by atoms with Gasteiger partial charge in [-0.2, -0.15) is 0 Å². The number of benzene rings is 1. The van der Waals surface area contributed by atoms with Gasteiger partial charge in [0.15, 0.2) is 11.6 Å². The van der Waals surface area contributed by atoms with Crippen molar-refractivity contribution in [3.05, 3.63) is 41.0 Å². The monoisotopic (exact) mass is 198 g/mol. The number of carboxylic acid groups (broad SMARTS) is 1. The van der Waals surface area contributed by atoms with Gasteiger partial charge in [0.25, 0.3) is 0 Å². The van der Waals surface area contributed by atoms with Gasteiger partial charge in [-0.25, -0.2) is 13.6 Å². The number of halogens is 2. The Hall–Kier alpha value is -1.71. The second kappa shape index (κ2) is 4.00. The normalized spacial score (nSPS) is 10.8. The zero-order valence-corrected chi connectivity index (χ0v) is 7.42. The first-order chi connectivity index (χ1) is 6.50. The molecule has 0 aliphatic heterocycles. The molecule has 0 aliphatic rings. The molecule has 74 valence electrons. The molecule has 0 aliphatic carbocycles. The molecule has 0 atom stereocenters. The highest BCUT2D eigenvalue weighted by Gasteiger charge is 2.05. The number of carbonyl (C=O) groups is 1. The van der Waals surface area contributed by atoms with Crippen LogP contribution in [0.4, 0.5) is 8.78 Å². The highest BCUT2D eigenvalue weighted by molar-refractivity contribution is 5.85. The molecule has 4 heteroatoms. The van der Waals surface area contributed by atoms with Crippen molar-refractivity contribution < 1.29 is 18.7 Å². The van der Waals surface area contributed by atoms with Crippen LogP contribution in [0.15, 0.2) is 18.2 Å². The second-order valence-electron chi connectivity index (χ2n) is 2.81. The topological polar surface area (TPSA) is 37.3 Å². The minimum Gasteiger partial charge on any atom is -0.478 e. The quantitative estimate of drug-likeness (QED) is 0.740. The Morgan fingerprint density at radius 2 is 2.07 bits per heavy atom. The van der Waals surface area contributed by atoms with E-state index in [9.17, 15) is 13.6 Å². The van der Waals surface area contributed by atoms with Crippen LogP contribution in [0, 0.1) is 18.6 Å². The molecule has 0 saturated carbocycles. The Labute approximate surface area is 79.5 Å². The maximum Gasteiger partial charge on any atom is 0.328 e. The lowest BCUT2D eigenvalue weighted by Crippen LogP contribution is -1.91. The largest absolute Gasteiger partial charge is 0.478 e. The van der Waals surface area contributed by atoms with Crippen molar-refractivity contribution in [2.24, 2.45) is 0 Å². The van der Waals surface area contributed by atoms with Crippen LogP contribution in [0.2, 0.25) is 0 Å². The van der Waals surface area contributed by atoms with Gasteiger partial charge in [-0.3, -0.25) is 0 Å². The molecule has 0 heterocycles. The van der Waals surface area contributed by atoms with E-state index in [1.165, 1.54) is 19.1 Å². The molecular formula is C10H8F2O2. The Kier molecular flexibility index (Phi) is 2.96. The minimum absolute atomic E-state index is 0.148. The maximum absolute atomic E-state index is 12.8. The zero-order chi connectivity index (χ0) is 10.7. The summed E-state index contributed by atoms with van der Waals surface area (Å²) >= 11 is 0. The third kappa shape index (κ3) is 2.39. The SMILES string of the molecule is Cc1cc(C=CC(=O)O)cc(F)c1F. The smallest absolute Gasteiger partial charge is 0.328 e. The lowest BCUT2D eigenvalue weighted by molar-refractivity contribution is -0.131. The van der Waals surface area contributed by atoms with Crippen molar-refractivity contribution in [3.8, 4) is 0 Å². The minimum atomic E-state index is -1.13. The van der Waals surface area contributed by atoms with Gasteiger partial charge in [-0.1, -0.05) is 0 Å². The van der Waals surface area contributed by atoms with Crippen LogP contribution in [0.3, 0.4) is 0 Å². The summed E-state index contributed by atoms with van der Waals surface area (Å²) in [5, 5.41) is 8.31. The fraction of sp³-hybridized carbons (Fsp3) is 0.100. The Bertz CT molecular complexity index is 374. The number of hydrogen-bond donors (Lipinski definition) is 1. The molecule has 1 rings (SSSR count). The van der Waals surface area contributed by atoms with Gasteiger partial charge in [0, 0.05) is 6.08 Å². The van der Waals surface area contributed by atoms with Crippen molar-refractivity contribution in [3.63, 3.8) is 0 Å². The molecule has 1 N–H and O–H groups in total. The summed E-state index contributed by atoms with van der Waals surface area (Å²) in [5.74, 6) is -3.01. The van der Waals surface area contributed by atoms with Crippen LogP contribution in [0.25, 0.3) is 6.08 Å². The molecule has 14 heavy (non-hydrogen) atoms. The van der Waals surface area contributed by atoms with Crippen molar-refractivity contribution in [2.75, 3.05) is 0 Å². The standard InChI is InChI=1S/C10H8F2O2/c1-6-4-7(2-3-9(13)14)5-8(11)10(6)12/h2-5H,1H3,(H,13,14). The van der Waals surface area contributed by atoms with Gasteiger partial charge in [-0.15, -0.1) is 0 Å². The first kappa shape index (κ1) is 10.4. The molecule has 0 amide bonds. The van der Waals surface area contributed by atoms with E-state index < -0.39 is 17.6 Å². The van der Waals surface area contributed by atoms with Crippen LogP contribution in [0.1, 0.15) is 11.1 Å².